The standard InChI is InChI=1S/C22H26O3/c1-2-24-22(23)13-9-4-3-6-10-19-14-16-21(17-15-19)25-18-20-11-7-5-8-12-20/h5-8,10-12,14-17H,2-4,9,13,18H2,1H3/b10-6+. The van der Waals surface area contributed by atoms with E-state index in [9.17, 15) is 4.79 Å². The number of allylic oxidation sites excluding steroid dienone is 1. The Kier molecular flexibility index (Phi) is 8.33. The van der Waals surface area contributed by atoms with Crippen molar-refractivity contribution in [1.82, 2.24) is 0 Å². The van der Waals surface area contributed by atoms with Crippen LogP contribution in [-0.4, -0.2) is 12.6 Å². The first kappa shape index (κ1) is 18.8. The summed E-state index contributed by atoms with van der Waals surface area (Å²) in [5.74, 6) is 0.771. The Morgan fingerprint density at radius 2 is 1.76 bits per heavy atom. The van der Waals surface area contributed by atoms with Crippen molar-refractivity contribution in [2.24, 2.45) is 0 Å². The van der Waals surface area contributed by atoms with Gasteiger partial charge in [0.1, 0.15) is 12.4 Å². The number of benzene rings is 2. The Morgan fingerprint density at radius 1 is 1.00 bits per heavy atom. The topological polar surface area (TPSA) is 35.5 Å². The van der Waals surface area contributed by atoms with Gasteiger partial charge in [0.05, 0.1) is 6.61 Å². The molecule has 0 heterocycles. The van der Waals surface area contributed by atoms with E-state index in [1.165, 1.54) is 0 Å². The summed E-state index contributed by atoms with van der Waals surface area (Å²) in [6, 6.07) is 18.2. The summed E-state index contributed by atoms with van der Waals surface area (Å²) < 4.78 is 10.7. The third-order valence-corrected chi connectivity index (χ3v) is 3.75. The van der Waals surface area contributed by atoms with E-state index < -0.39 is 0 Å². The number of carbonyl (C=O) groups excluding carboxylic acids is 1. The first-order valence-electron chi connectivity index (χ1n) is 8.87. The molecule has 0 aliphatic heterocycles. The molecular formula is C22H26O3. The number of hydrogen-bond donors (Lipinski definition) is 0. The lowest BCUT2D eigenvalue weighted by atomic mass is 10.1. The van der Waals surface area contributed by atoms with E-state index in [-0.39, 0.29) is 5.97 Å². The Bertz CT molecular complexity index is 645. The second kappa shape index (κ2) is 11.1. The van der Waals surface area contributed by atoms with Gasteiger partial charge in [-0.15, -0.1) is 0 Å². The summed E-state index contributed by atoms with van der Waals surface area (Å²) in [7, 11) is 0. The van der Waals surface area contributed by atoms with Crippen LogP contribution in [0.4, 0.5) is 0 Å². The minimum atomic E-state index is -0.0995. The summed E-state index contributed by atoms with van der Waals surface area (Å²) in [6.45, 7) is 2.87. The summed E-state index contributed by atoms with van der Waals surface area (Å²) in [6.07, 6.45) is 7.58. The van der Waals surface area contributed by atoms with Gasteiger partial charge in [-0.1, -0.05) is 54.6 Å². The summed E-state index contributed by atoms with van der Waals surface area (Å²) >= 11 is 0. The van der Waals surface area contributed by atoms with Crippen molar-refractivity contribution < 1.29 is 14.3 Å². The molecule has 2 rings (SSSR count). The number of rotatable bonds is 10. The molecule has 0 saturated heterocycles. The smallest absolute Gasteiger partial charge is 0.305 e. The molecule has 0 aromatic heterocycles. The van der Waals surface area contributed by atoms with Gasteiger partial charge in [-0.25, -0.2) is 0 Å². The Hall–Kier alpha value is -2.55. The summed E-state index contributed by atoms with van der Waals surface area (Å²) in [5.41, 5.74) is 2.31. The maximum Gasteiger partial charge on any atom is 0.305 e. The number of hydrogen-bond acceptors (Lipinski definition) is 3. The van der Waals surface area contributed by atoms with E-state index in [4.69, 9.17) is 9.47 Å². The van der Waals surface area contributed by atoms with Crippen molar-refractivity contribution in [1.29, 1.82) is 0 Å². The van der Waals surface area contributed by atoms with Gasteiger partial charge in [0.2, 0.25) is 0 Å². The number of esters is 1. The van der Waals surface area contributed by atoms with E-state index in [2.05, 4.69) is 36.4 Å². The molecular weight excluding hydrogens is 312 g/mol. The number of carbonyl (C=O) groups is 1. The number of unbranched alkanes of at least 4 members (excludes halogenated alkanes) is 2. The average molecular weight is 338 g/mol. The molecule has 0 aliphatic rings. The fourth-order valence-electron chi connectivity index (χ4n) is 2.40. The lowest BCUT2D eigenvalue weighted by Crippen LogP contribution is -2.02. The molecule has 0 N–H and O–H groups in total. The van der Waals surface area contributed by atoms with Crippen molar-refractivity contribution in [2.45, 2.75) is 39.2 Å². The van der Waals surface area contributed by atoms with Crippen LogP contribution in [0, 0.1) is 0 Å². The SMILES string of the molecule is CCOC(=O)CCCC/C=C/c1ccc(OCc2ccccc2)cc1. The van der Waals surface area contributed by atoms with E-state index >= 15 is 0 Å². The van der Waals surface area contributed by atoms with E-state index in [1.54, 1.807) is 0 Å². The van der Waals surface area contributed by atoms with Crippen LogP contribution < -0.4 is 4.74 Å². The molecule has 25 heavy (non-hydrogen) atoms. The molecule has 0 saturated carbocycles. The zero-order valence-electron chi connectivity index (χ0n) is 14.8. The first-order valence-corrected chi connectivity index (χ1v) is 8.87. The highest BCUT2D eigenvalue weighted by Crippen LogP contribution is 2.15. The lowest BCUT2D eigenvalue weighted by molar-refractivity contribution is -0.143. The molecule has 0 radical (unpaired) electrons. The van der Waals surface area contributed by atoms with Crippen molar-refractivity contribution in [3.8, 4) is 5.75 Å². The lowest BCUT2D eigenvalue weighted by Gasteiger charge is -2.06. The molecule has 0 aliphatic carbocycles. The monoisotopic (exact) mass is 338 g/mol. The Balaban J connectivity index is 1.66. The fourth-order valence-corrected chi connectivity index (χ4v) is 2.40. The quantitative estimate of drug-likeness (QED) is 0.430. The van der Waals surface area contributed by atoms with Gasteiger partial charge < -0.3 is 9.47 Å². The second-order valence-electron chi connectivity index (χ2n) is 5.80. The largest absolute Gasteiger partial charge is 0.489 e. The Morgan fingerprint density at radius 3 is 2.48 bits per heavy atom. The van der Waals surface area contributed by atoms with Crippen LogP contribution in [0.2, 0.25) is 0 Å². The third kappa shape index (κ3) is 7.71. The van der Waals surface area contributed by atoms with Crippen LogP contribution in [0.1, 0.15) is 43.7 Å². The molecule has 2 aromatic carbocycles. The highest BCUT2D eigenvalue weighted by Gasteiger charge is 1.99. The molecule has 0 spiro atoms. The highest BCUT2D eigenvalue weighted by atomic mass is 16.5. The minimum absolute atomic E-state index is 0.0995. The molecule has 0 unspecified atom stereocenters. The zero-order chi connectivity index (χ0) is 17.7. The minimum Gasteiger partial charge on any atom is -0.489 e. The van der Waals surface area contributed by atoms with Crippen LogP contribution in [-0.2, 0) is 16.1 Å². The predicted octanol–water partition coefficient (Wildman–Crippen LogP) is 5.40. The van der Waals surface area contributed by atoms with Crippen molar-refractivity contribution in [3.05, 3.63) is 71.8 Å². The summed E-state index contributed by atoms with van der Waals surface area (Å²) in [4.78, 5) is 11.2. The molecule has 3 nitrogen and oxygen atoms in total. The zero-order valence-corrected chi connectivity index (χ0v) is 14.8. The van der Waals surface area contributed by atoms with Gasteiger partial charge in [-0.2, -0.15) is 0 Å². The molecule has 0 atom stereocenters. The van der Waals surface area contributed by atoms with Crippen LogP contribution in [0.25, 0.3) is 6.08 Å². The van der Waals surface area contributed by atoms with Gasteiger partial charge in [0, 0.05) is 6.42 Å². The van der Waals surface area contributed by atoms with Crippen LogP contribution in [0.5, 0.6) is 5.75 Å². The fraction of sp³-hybridized carbons (Fsp3) is 0.318. The van der Waals surface area contributed by atoms with Crippen LogP contribution in [0.15, 0.2) is 60.7 Å². The maximum absolute atomic E-state index is 11.2. The van der Waals surface area contributed by atoms with Gasteiger partial charge in [0.25, 0.3) is 0 Å². The maximum atomic E-state index is 11.2. The molecule has 2 aromatic rings. The van der Waals surface area contributed by atoms with E-state index in [0.29, 0.717) is 19.6 Å². The second-order valence-corrected chi connectivity index (χ2v) is 5.80. The normalized spacial score (nSPS) is 10.8. The molecule has 0 bridgehead atoms. The van der Waals surface area contributed by atoms with Gasteiger partial charge in [-0.3, -0.25) is 4.79 Å². The molecule has 3 heteroatoms. The highest BCUT2D eigenvalue weighted by molar-refractivity contribution is 5.69. The van der Waals surface area contributed by atoms with Crippen molar-refractivity contribution in [3.63, 3.8) is 0 Å². The van der Waals surface area contributed by atoms with Crippen molar-refractivity contribution >= 4 is 12.0 Å². The van der Waals surface area contributed by atoms with E-state index in [1.807, 2.05) is 37.3 Å². The predicted molar refractivity (Wildman–Crippen MR) is 101 cm³/mol. The number of ether oxygens (including phenoxy) is 2. The van der Waals surface area contributed by atoms with E-state index in [0.717, 1.165) is 36.1 Å². The van der Waals surface area contributed by atoms with Crippen LogP contribution in [0.3, 0.4) is 0 Å². The molecule has 0 fully saturated rings. The van der Waals surface area contributed by atoms with Crippen molar-refractivity contribution in [2.75, 3.05) is 6.61 Å². The Labute approximate surface area is 150 Å². The van der Waals surface area contributed by atoms with Gasteiger partial charge in [0.15, 0.2) is 0 Å². The third-order valence-electron chi connectivity index (χ3n) is 3.75. The van der Waals surface area contributed by atoms with Crippen LogP contribution >= 0.6 is 0 Å². The summed E-state index contributed by atoms with van der Waals surface area (Å²) in [5, 5.41) is 0. The first-order chi connectivity index (χ1) is 12.3. The average Bonchev–Trinajstić information content (AvgIpc) is 2.65. The molecule has 0 amide bonds. The van der Waals surface area contributed by atoms with Gasteiger partial charge in [-0.05, 0) is 49.4 Å². The van der Waals surface area contributed by atoms with Gasteiger partial charge >= 0.3 is 5.97 Å². The molecule has 132 valence electrons.